The van der Waals surface area contributed by atoms with Crippen molar-refractivity contribution >= 4 is 35.3 Å². The summed E-state index contributed by atoms with van der Waals surface area (Å²) in [4.78, 5) is 25.9. The molecule has 7 nitrogen and oxygen atoms in total. The number of hydrogen-bond acceptors (Lipinski definition) is 5. The van der Waals surface area contributed by atoms with E-state index in [-0.39, 0.29) is 12.5 Å². The van der Waals surface area contributed by atoms with Gasteiger partial charge in [-0.15, -0.1) is 0 Å². The number of halogens is 1. The van der Waals surface area contributed by atoms with E-state index >= 15 is 0 Å². The largest absolute Gasteiger partial charge is 0.493 e. The summed E-state index contributed by atoms with van der Waals surface area (Å²) in [5.41, 5.74) is 1.16. The first-order chi connectivity index (χ1) is 12.6. The van der Waals surface area contributed by atoms with Crippen molar-refractivity contribution in [1.82, 2.24) is 5.32 Å². The minimum Gasteiger partial charge on any atom is -0.493 e. The highest BCUT2D eigenvalue weighted by Gasteiger charge is 2.35. The molecule has 2 aliphatic rings. The van der Waals surface area contributed by atoms with Crippen molar-refractivity contribution in [3.05, 3.63) is 52.7 Å². The van der Waals surface area contributed by atoms with Gasteiger partial charge >= 0.3 is 6.03 Å². The van der Waals surface area contributed by atoms with Gasteiger partial charge in [0.2, 0.25) is 12.5 Å². The van der Waals surface area contributed by atoms with Crippen LogP contribution in [0.25, 0.3) is 6.08 Å². The van der Waals surface area contributed by atoms with Crippen LogP contribution in [0.4, 0.5) is 10.5 Å². The van der Waals surface area contributed by atoms with Gasteiger partial charge in [0, 0.05) is 5.02 Å². The third-order valence-corrected chi connectivity index (χ3v) is 4.17. The van der Waals surface area contributed by atoms with Crippen molar-refractivity contribution in [2.24, 2.45) is 0 Å². The molecule has 1 saturated heterocycles. The fraction of sp³-hybridized carbons (Fsp3) is 0.111. The molecule has 1 N–H and O–H groups in total. The Bertz CT molecular complexity index is 957. The van der Waals surface area contributed by atoms with Crippen LogP contribution >= 0.6 is 11.6 Å². The van der Waals surface area contributed by atoms with E-state index in [0.29, 0.717) is 33.5 Å². The molecule has 3 amide bonds. The maximum absolute atomic E-state index is 12.7. The number of rotatable bonds is 3. The molecule has 0 aromatic heterocycles. The normalized spacial score (nSPS) is 17.0. The summed E-state index contributed by atoms with van der Waals surface area (Å²) in [5, 5.41) is 3.00. The molecule has 0 atom stereocenters. The van der Waals surface area contributed by atoms with Crippen LogP contribution in [-0.2, 0) is 4.79 Å². The van der Waals surface area contributed by atoms with Gasteiger partial charge in [0.05, 0.1) is 12.8 Å². The van der Waals surface area contributed by atoms with Gasteiger partial charge in [0.1, 0.15) is 5.70 Å². The van der Waals surface area contributed by atoms with Gasteiger partial charge in [-0.1, -0.05) is 17.7 Å². The molecule has 4 rings (SSSR count). The predicted octanol–water partition coefficient (Wildman–Crippen LogP) is 3.17. The Morgan fingerprint density at radius 3 is 2.85 bits per heavy atom. The molecule has 0 unspecified atom stereocenters. The van der Waals surface area contributed by atoms with Crippen LogP contribution in [-0.4, -0.2) is 25.8 Å². The Hall–Kier alpha value is -3.19. The molecule has 8 heteroatoms. The number of hydrogen-bond donors (Lipinski definition) is 1. The molecule has 2 heterocycles. The summed E-state index contributed by atoms with van der Waals surface area (Å²) in [7, 11) is 1.51. The van der Waals surface area contributed by atoms with E-state index in [1.165, 1.54) is 7.11 Å². The van der Waals surface area contributed by atoms with Crippen LogP contribution < -0.4 is 24.4 Å². The lowest BCUT2D eigenvalue weighted by atomic mass is 10.1. The monoisotopic (exact) mass is 372 g/mol. The minimum atomic E-state index is -0.545. The number of benzene rings is 2. The average molecular weight is 373 g/mol. The number of ether oxygens (including phenoxy) is 3. The predicted molar refractivity (Wildman–Crippen MR) is 94.6 cm³/mol. The zero-order chi connectivity index (χ0) is 18.3. The van der Waals surface area contributed by atoms with E-state index < -0.39 is 11.9 Å². The molecule has 0 radical (unpaired) electrons. The van der Waals surface area contributed by atoms with E-state index in [9.17, 15) is 9.59 Å². The maximum atomic E-state index is 12.7. The van der Waals surface area contributed by atoms with Crippen molar-refractivity contribution in [3.63, 3.8) is 0 Å². The molecule has 0 spiro atoms. The number of nitrogens with zero attached hydrogens (tertiary/aromatic N) is 1. The van der Waals surface area contributed by atoms with Crippen molar-refractivity contribution in [2.75, 3.05) is 18.8 Å². The summed E-state index contributed by atoms with van der Waals surface area (Å²) in [6.07, 6.45) is 1.55. The van der Waals surface area contributed by atoms with Crippen molar-refractivity contribution < 1.29 is 23.8 Å². The molecule has 0 bridgehead atoms. The number of anilines is 1. The lowest BCUT2D eigenvalue weighted by Crippen LogP contribution is -2.30. The molecule has 2 aliphatic heterocycles. The van der Waals surface area contributed by atoms with Gasteiger partial charge in [0.25, 0.3) is 5.91 Å². The van der Waals surface area contributed by atoms with E-state index in [1.54, 1.807) is 42.5 Å². The first-order valence-corrected chi connectivity index (χ1v) is 8.05. The SMILES string of the molecule is COc1cc(/C=C2/NC(=O)N(c3cccc(Cl)c3)C2=O)cc2c1OCO2. The van der Waals surface area contributed by atoms with Crippen LogP contribution in [0.15, 0.2) is 42.1 Å². The van der Waals surface area contributed by atoms with Gasteiger partial charge in [-0.25, -0.2) is 9.69 Å². The van der Waals surface area contributed by atoms with Crippen molar-refractivity contribution in [3.8, 4) is 17.2 Å². The van der Waals surface area contributed by atoms with Crippen LogP contribution in [0, 0.1) is 0 Å². The lowest BCUT2D eigenvalue weighted by molar-refractivity contribution is -0.113. The number of amides is 3. The number of imide groups is 1. The van der Waals surface area contributed by atoms with Crippen LogP contribution in [0.3, 0.4) is 0 Å². The average Bonchev–Trinajstić information content (AvgIpc) is 3.19. The van der Waals surface area contributed by atoms with E-state index in [2.05, 4.69) is 5.32 Å². The molecule has 132 valence electrons. The number of carbonyl (C=O) groups is 2. The Kier molecular flexibility index (Phi) is 3.93. The van der Waals surface area contributed by atoms with Crippen LogP contribution in [0.5, 0.6) is 17.2 Å². The Balaban J connectivity index is 1.69. The van der Waals surface area contributed by atoms with Gasteiger partial charge in [-0.2, -0.15) is 0 Å². The lowest BCUT2D eigenvalue weighted by Gasteiger charge is -2.11. The molecule has 2 aromatic rings. The zero-order valence-electron chi connectivity index (χ0n) is 13.6. The zero-order valence-corrected chi connectivity index (χ0v) is 14.4. The highest BCUT2D eigenvalue weighted by molar-refractivity contribution is 6.32. The van der Waals surface area contributed by atoms with E-state index in [1.807, 2.05) is 0 Å². The first kappa shape index (κ1) is 16.3. The summed E-state index contributed by atoms with van der Waals surface area (Å²) >= 11 is 5.95. The Labute approximate surface area is 153 Å². The number of methoxy groups -OCH3 is 1. The third kappa shape index (κ3) is 2.72. The summed E-state index contributed by atoms with van der Waals surface area (Å²) in [6.45, 7) is 0.101. The number of fused-ring (bicyclic) bond motifs is 1. The van der Waals surface area contributed by atoms with E-state index in [0.717, 1.165) is 4.90 Å². The molecule has 2 aromatic carbocycles. The number of urea groups is 1. The quantitative estimate of drug-likeness (QED) is 0.661. The van der Waals surface area contributed by atoms with Gasteiger partial charge in [-0.05, 0) is 42.0 Å². The first-order valence-electron chi connectivity index (χ1n) is 7.67. The number of carbonyl (C=O) groups excluding carboxylic acids is 2. The maximum Gasteiger partial charge on any atom is 0.333 e. The fourth-order valence-electron chi connectivity index (χ4n) is 2.78. The fourth-order valence-corrected chi connectivity index (χ4v) is 2.97. The van der Waals surface area contributed by atoms with Gasteiger partial charge in [0.15, 0.2) is 11.5 Å². The van der Waals surface area contributed by atoms with Gasteiger partial charge < -0.3 is 19.5 Å². The van der Waals surface area contributed by atoms with Crippen molar-refractivity contribution in [2.45, 2.75) is 0 Å². The van der Waals surface area contributed by atoms with Gasteiger partial charge in [-0.3, -0.25) is 4.79 Å². The molecule has 26 heavy (non-hydrogen) atoms. The summed E-state index contributed by atoms with van der Waals surface area (Å²) in [6, 6.07) is 9.38. The molecular weight excluding hydrogens is 360 g/mol. The highest BCUT2D eigenvalue weighted by Crippen LogP contribution is 2.42. The highest BCUT2D eigenvalue weighted by atomic mass is 35.5. The molecule has 1 fully saturated rings. The second kappa shape index (κ2) is 6.27. The number of nitrogens with one attached hydrogen (secondary N) is 1. The van der Waals surface area contributed by atoms with Crippen LogP contribution in [0.1, 0.15) is 5.56 Å². The third-order valence-electron chi connectivity index (χ3n) is 3.94. The second-order valence-electron chi connectivity index (χ2n) is 5.57. The molecule has 0 saturated carbocycles. The Morgan fingerprint density at radius 1 is 1.23 bits per heavy atom. The second-order valence-corrected chi connectivity index (χ2v) is 6.00. The summed E-state index contributed by atoms with van der Waals surface area (Å²) in [5.74, 6) is 1.03. The molecule has 0 aliphatic carbocycles. The topological polar surface area (TPSA) is 77.1 Å². The standard InChI is InChI=1S/C18H13ClN2O5/c1-24-14-6-10(7-15-16(14)26-9-25-15)5-13-17(22)21(18(23)20-13)12-4-2-3-11(19)8-12/h2-8H,9H2,1H3,(H,20,23)/b13-5+. The summed E-state index contributed by atoms with van der Waals surface area (Å²) < 4.78 is 16.0. The smallest absolute Gasteiger partial charge is 0.333 e. The van der Waals surface area contributed by atoms with Crippen molar-refractivity contribution in [1.29, 1.82) is 0 Å². The van der Waals surface area contributed by atoms with E-state index in [4.69, 9.17) is 25.8 Å². The molecular formula is C18H13ClN2O5. The van der Waals surface area contributed by atoms with Crippen LogP contribution in [0.2, 0.25) is 5.02 Å². The minimum absolute atomic E-state index is 0.101. The Morgan fingerprint density at radius 2 is 2.08 bits per heavy atom.